The Bertz CT molecular complexity index is 566. The third-order valence-corrected chi connectivity index (χ3v) is 3.06. The van der Waals surface area contributed by atoms with Gasteiger partial charge in [0.1, 0.15) is 12.8 Å². The molecule has 0 fully saturated rings. The second-order valence-corrected chi connectivity index (χ2v) is 4.54. The van der Waals surface area contributed by atoms with Crippen LogP contribution < -0.4 is 0 Å². The van der Waals surface area contributed by atoms with E-state index in [1.165, 1.54) is 5.56 Å². The van der Waals surface area contributed by atoms with Gasteiger partial charge in [0.2, 0.25) is 0 Å². The van der Waals surface area contributed by atoms with Crippen LogP contribution in [0.4, 0.5) is 0 Å². The molecule has 19 heavy (non-hydrogen) atoms. The molecule has 0 saturated heterocycles. The lowest BCUT2D eigenvalue weighted by atomic mass is 10.1. The Hall–Kier alpha value is -1.80. The molecule has 0 aliphatic carbocycles. The van der Waals surface area contributed by atoms with Gasteiger partial charge < -0.3 is 4.84 Å². The summed E-state index contributed by atoms with van der Waals surface area (Å²) in [6.45, 7) is 2.56. The number of hydrogen-bond acceptors (Lipinski definition) is 2. The Balaban J connectivity index is 1.91. The van der Waals surface area contributed by atoms with E-state index in [0.717, 1.165) is 17.5 Å². The summed E-state index contributed by atoms with van der Waals surface area (Å²) in [5.74, 6) is 0. The van der Waals surface area contributed by atoms with Gasteiger partial charge in [0.15, 0.2) is 0 Å². The van der Waals surface area contributed by atoms with Crippen LogP contribution in [0.2, 0.25) is 5.02 Å². The summed E-state index contributed by atoms with van der Waals surface area (Å²) in [5.41, 5.74) is 3.12. The zero-order valence-electron chi connectivity index (χ0n) is 10.8. The molecule has 2 aromatic carbocycles. The van der Waals surface area contributed by atoms with Gasteiger partial charge in [-0.05, 0) is 23.6 Å². The van der Waals surface area contributed by atoms with Crippen LogP contribution in [0.5, 0.6) is 0 Å². The molecule has 3 heteroatoms. The van der Waals surface area contributed by atoms with Crippen molar-refractivity contribution in [2.45, 2.75) is 20.0 Å². The van der Waals surface area contributed by atoms with Gasteiger partial charge in [-0.25, -0.2) is 0 Å². The SMILES string of the molecule is CCc1cccc(CO/N=[C]\c2ccccc2Cl)c1. The normalized spacial score (nSPS) is 10.8. The first-order chi connectivity index (χ1) is 9.29. The lowest BCUT2D eigenvalue weighted by molar-refractivity contribution is 0.132. The van der Waals surface area contributed by atoms with E-state index >= 15 is 0 Å². The average Bonchev–Trinajstić information content (AvgIpc) is 2.45. The van der Waals surface area contributed by atoms with Crippen LogP contribution in [-0.4, -0.2) is 6.21 Å². The standard InChI is InChI=1S/C16H15ClNO/c1-2-13-6-5-7-14(10-13)12-19-18-11-15-8-3-4-9-16(15)17/h3-10H,2,12H2,1H3. The van der Waals surface area contributed by atoms with Crippen LogP contribution in [0.3, 0.4) is 0 Å². The minimum atomic E-state index is 0.436. The van der Waals surface area contributed by atoms with Crippen molar-refractivity contribution in [2.75, 3.05) is 0 Å². The largest absolute Gasteiger partial charge is 0.390 e. The lowest BCUT2D eigenvalue weighted by Crippen LogP contribution is -1.90. The van der Waals surface area contributed by atoms with E-state index in [9.17, 15) is 0 Å². The Morgan fingerprint density at radius 2 is 1.89 bits per heavy atom. The van der Waals surface area contributed by atoms with Gasteiger partial charge in [-0.1, -0.05) is 66.1 Å². The van der Waals surface area contributed by atoms with Crippen LogP contribution in [-0.2, 0) is 17.9 Å². The van der Waals surface area contributed by atoms with E-state index in [1.54, 1.807) is 6.07 Å². The predicted molar refractivity (Wildman–Crippen MR) is 78.6 cm³/mol. The molecular weight excluding hydrogens is 258 g/mol. The quantitative estimate of drug-likeness (QED) is 0.586. The van der Waals surface area contributed by atoms with Gasteiger partial charge >= 0.3 is 0 Å². The Labute approximate surface area is 118 Å². The summed E-state index contributed by atoms with van der Waals surface area (Å²) >= 11 is 5.98. The first kappa shape index (κ1) is 13.6. The van der Waals surface area contributed by atoms with Crippen molar-refractivity contribution in [3.8, 4) is 0 Å². The second-order valence-electron chi connectivity index (χ2n) is 4.13. The highest BCUT2D eigenvalue weighted by Crippen LogP contribution is 2.12. The zero-order chi connectivity index (χ0) is 13.5. The van der Waals surface area contributed by atoms with Gasteiger partial charge in [-0.15, -0.1) is 0 Å². The molecule has 0 aliphatic rings. The molecule has 97 valence electrons. The number of rotatable bonds is 5. The van der Waals surface area contributed by atoms with E-state index in [0.29, 0.717) is 11.6 Å². The molecule has 0 spiro atoms. The summed E-state index contributed by atoms with van der Waals surface area (Å²) in [5, 5.41) is 4.43. The Morgan fingerprint density at radius 1 is 1.11 bits per heavy atom. The van der Waals surface area contributed by atoms with Crippen molar-refractivity contribution < 1.29 is 4.84 Å². The molecule has 0 unspecified atom stereocenters. The van der Waals surface area contributed by atoms with Crippen molar-refractivity contribution in [1.29, 1.82) is 0 Å². The monoisotopic (exact) mass is 272 g/mol. The molecule has 2 nitrogen and oxygen atoms in total. The number of halogens is 1. The number of nitrogens with zero attached hydrogens (tertiary/aromatic N) is 1. The zero-order valence-corrected chi connectivity index (χ0v) is 11.5. The molecule has 0 saturated carbocycles. The summed E-state index contributed by atoms with van der Waals surface area (Å²) in [6, 6.07) is 15.6. The van der Waals surface area contributed by atoms with E-state index < -0.39 is 0 Å². The topological polar surface area (TPSA) is 21.6 Å². The van der Waals surface area contributed by atoms with Crippen molar-refractivity contribution in [3.05, 3.63) is 70.2 Å². The lowest BCUT2D eigenvalue weighted by Gasteiger charge is -2.02. The highest BCUT2D eigenvalue weighted by Gasteiger charge is 1.97. The van der Waals surface area contributed by atoms with Gasteiger partial charge in [0, 0.05) is 5.56 Å². The second kappa shape index (κ2) is 6.95. The molecule has 0 aliphatic heterocycles. The van der Waals surface area contributed by atoms with Crippen LogP contribution >= 0.6 is 11.6 Å². The minimum Gasteiger partial charge on any atom is -0.390 e. The van der Waals surface area contributed by atoms with Crippen LogP contribution in [0.25, 0.3) is 0 Å². The maximum Gasteiger partial charge on any atom is 0.142 e. The van der Waals surface area contributed by atoms with Gasteiger partial charge in [-0.3, -0.25) is 0 Å². The van der Waals surface area contributed by atoms with Gasteiger partial charge in [0.25, 0.3) is 0 Å². The minimum absolute atomic E-state index is 0.436. The van der Waals surface area contributed by atoms with Crippen LogP contribution in [0.15, 0.2) is 53.7 Å². The third-order valence-electron chi connectivity index (χ3n) is 2.74. The number of hydrogen-bond donors (Lipinski definition) is 0. The maximum absolute atomic E-state index is 5.98. The Kier molecular flexibility index (Phi) is 4.99. The molecule has 2 rings (SSSR count). The average molecular weight is 273 g/mol. The number of benzene rings is 2. The van der Waals surface area contributed by atoms with Crippen LogP contribution in [0.1, 0.15) is 23.6 Å². The fourth-order valence-corrected chi connectivity index (χ4v) is 1.86. The molecule has 0 atom stereocenters. The smallest absolute Gasteiger partial charge is 0.142 e. The molecular formula is C16H15ClNO. The van der Waals surface area contributed by atoms with Crippen LogP contribution in [0, 0.1) is 0 Å². The number of aryl methyl sites for hydroxylation is 1. The molecule has 0 N–H and O–H groups in total. The fourth-order valence-electron chi connectivity index (χ4n) is 1.68. The van der Waals surface area contributed by atoms with Crippen molar-refractivity contribution in [3.63, 3.8) is 0 Å². The highest BCUT2D eigenvalue weighted by atomic mass is 35.5. The summed E-state index contributed by atoms with van der Waals surface area (Å²) < 4.78 is 0. The molecule has 0 heterocycles. The third kappa shape index (κ3) is 4.11. The van der Waals surface area contributed by atoms with Gasteiger partial charge in [-0.2, -0.15) is 0 Å². The molecule has 1 radical (unpaired) electrons. The Morgan fingerprint density at radius 3 is 2.68 bits per heavy atom. The predicted octanol–water partition coefficient (Wildman–Crippen LogP) is 4.33. The first-order valence-corrected chi connectivity index (χ1v) is 6.57. The van der Waals surface area contributed by atoms with E-state index in [-0.39, 0.29) is 0 Å². The van der Waals surface area contributed by atoms with Crippen molar-refractivity contribution in [2.24, 2.45) is 5.16 Å². The van der Waals surface area contributed by atoms with E-state index in [2.05, 4.69) is 30.4 Å². The van der Waals surface area contributed by atoms with Crippen molar-refractivity contribution >= 4 is 17.8 Å². The molecule has 2 aromatic rings. The molecule has 0 aromatic heterocycles. The first-order valence-electron chi connectivity index (χ1n) is 6.20. The molecule has 0 bridgehead atoms. The summed E-state index contributed by atoms with van der Waals surface area (Å²) in [7, 11) is 0. The van der Waals surface area contributed by atoms with E-state index in [4.69, 9.17) is 16.4 Å². The van der Waals surface area contributed by atoms with E-state index in [1.807, 2.05) is 30.3 Å². The fraction of sp³-hybridized carbons (Fsp3) is 0.188. The maximum atomic E-state index is 5.98. The summed E-state index contributed by atoms with van der Waals surface area (Å²) in [6.07, 6.45) is 3.80. The highest BCUT2D eigenvalue weighted by molar-refractivity contribution is 6.33. The van der Waals surface area contributed by atoms with Gasteiger partial charge in [0.05, 0.1) is 5.02 Å². The summed E-state index contributed by atoms with van der Waals surface area (Å²) in [4.78, 5) is 5.23. The van der Waals surface area contributed by atoms with Crippen molar-refractivity contribution in [1.82, 2.24) is 0 Å². The molecule has 0 amide bonds.